The zero-order valence-electron chi connectivity index (χ0n) is 18.4. The van der Waals surface area contributed by atoms with Gasteiger partial charge < -0.3 is 0 Å². The molecule has 0 radical (unpaired) electrons. The molecule has 32 heavy (non-hydrogen) atoms. The Bertz CT molecular complexity index is 1280. The molecule has 0 spiro atoms. The molecule has 170 valence electrons. The van der Waals surface area contributed by atoms with E-state index in [4.69, 9.17) is 0 Å². The lowest BCUT2D eigenvalue weighted by atomic mass is 9.78. The maximum atomic E-state index is 13.2. The average Bonchev–Trinajstić information content (AvgIpc) is 3.39. The molecule has 2 aromatic rings. The standard InChI is InChI=1S/C24H28N2O4S2/c1-17-3-9-21(10-4-17)31(27,28)25-13-19-7-8-20-14-26(16-24(20)23(19)15-25)32(29,30)22-11-5-18(2)6-12-22/h3-6,9-12,19,23H,7-8,13-16H2,1-2H3/t19-,23+/m1/s1. The van der Waals surface area contributed by atoms with Crippen LogP contribution in [0.25, 0.3) is 0 Å². The zero-order chi connectivity index (χ0) is 22.7. The number of benzene rings is 2. The quantitative estimate of drug-likeness (QED) is 0.640. The van der Waals surface area contributed by atoms with E-state index in [-0.39, 0.29) is 11.8 Å². The molecule has 2 heterocycles. The summed E-state index contributed by atoms with van der Waals surface area (Å²) in [4.78, 5) is 0.639. The molecular formula is C24H28N2O4S2. The van der Waals surface area contributed by atoms with Gasteiger partial charge in [0.05, 0.1) is 9.79 Å². The molecular weight excluding hydrogens is 444 g/mol. The Morgan fingerprint density at radius 2 is 1.25 bits per heavy atom. The Morgan fingerprint density at radius 1 is 0.719 bits per heavy atom. The number of aryl methyl sites for hydroxylation is 2. The van der Waals surface area contributed by atoms with Crippen molar-refractivity contribution < 1.29 is 16.8 Å². The van der Waals surface area contributed by atoms with Crippen LogP contribution in [-0.4, -0.2) is 51.6 Å². The molecule has 0 amide bonds. The summed E-state index contributed by atoms with van der Waals surface area (Å²) in [6, 6.07) is 13.9. The van der Waals surface area contributed by atoms with E-state index in [0.29, 0.717) is 36.0 Å². The summed E-state index contributed by atoms with van der Waals surface area (Å²) in [7, 11) is -7.12. The molecule has 0 N–H and O–H groups in total. The van der Waals surface area contributed by atoms with Gasteiger partial charge in [0.2, 0.25) is 20.0 Å². The fourth-order valence-corrected chi connectivity index (χ4v) is 8.19. The van der Waals surface area contributed by atoms with Crippen molar-refractivity contribution in [2.45, 2.75) is 36.5 Å². The monoisotopic (exact) mass is 472 g/mol. The van der Waals surface area contributed by atoms with Gasteiger partial charge in [-0.15, -0.1) is 0 Å². The zero-order valence-corrected chi connectivity index (χ0v) is 20.0. The minimum absolute atomic E-state index is 0.0946. The molecule has 1 fully saturated rings. The van der Waals surface area contributed by atoms with Crippen LogP contribution in [0.4, 0.5) is 0 Å². The van der Waals surface area contributed by atoms with Gasteiger partial charge >= 0.3 is 0 Å². The van der Waals surface area contributed by atoms with E-state index < -0.39 is 20.0 Å². The Kier molecular flexibility index (Phi) is 5.32. The number of hydrogen-bond acceptors (Lipinski definition) is 4. The van der Waals surface area contributed by atoms with Crippen LogP contribution in [0.3, 0.4) is 0 Å². The molecule has 2 atom stereocenters. The maximum absolute atomic E-state index is 13.2. The van der Waals surface area contributed by atoms with Crippen molar-refractivity contribution in [1.29, 1.82) is 0 Å². The summed E-state index contributed by atoms with van der Waals surface area (Å²) in [5.74, 6) is 0.341. The van der Waals surface area contributed by atoms with Gasteiger partial charge in [-0.1, -0.05) is 41.0 Å². The second kappa shape index (κ2) is 7.80. The van der Waals surface area contributed by atoms with Crippen LogP contribution >= 0.6 is 0 Å². The minimum atomic E-state index is -3.57. The van der Waals surface area contributed by atoms with Gasteiger partial charge in [-0.3, -0.25) is 0 Å². The third kappa shape index (κ3) is 3.63. The summed E-state index contributed by atoms with van der Waals surface area (Å²) < 4.78 is 56.0. The van der Waals surface area contributed by atoms with Crippen LogP contribution < -0.4 is 0 Å². The maximum Gasteiger partial charge on any atom is 0.243 e. The van der Waals surface area contributed by atoms with E-state index >= 15 is 0 Å². The lowest BCUT2D eigenvalue weighted by Crippen LogP contribution is -2.31. The van der Waals surface area contributed by atoms with E-state index in [2.05, 4.69) is 0 Å². The van der Waals surface area contributed by atoms with Crippen LogP contribution in [-0.2, 0) is 20.0 Å². The predicted octanol–water partition coefficient (Wildman–Crippen LogP) is 3.34. The molecule has 8 heteroatoms. The normalized spacial score (nSPS) is 24.6. The van der Waals surface area contributed by atoms with Gasteiger partial charge in [-0.05, 0) is 68.4 Å². The SMILES string of the molecule is Cc1ccc(S(=O)(=O)N2CC3=C(C2)[C@H]2CN(S(=O)(=O)c4ccc(C)cc4)C[C@H]2CC3)cc1. The number of sulfonamides is 2. The first-order valence-corrected chi connectivity index (χ1v) is 13.9. The summed E-state index contributed by atoms with van der Waals surface area (Å²) in [5, 5.41) is 0. The minimum Gasteiger partial charge on any atom is -0.207 e. The van der Waals surface area contributed by atoms with Gasteiger partial charge in [-0.2, -0.15) is 8.61 Å². The van der Waals surface area contributed by atoms with Crippen molar-refractivity contribution in [2.75, 3.05) is 26.2 Å². The number of fused-ring (bicyclic) bond motifs is 2. The van der Waals surface area contributed by atoms with Gasteiger partial charge in [-0.25, -0.2) is 16.8 Å². The molecule has 1 saturated heterocycles. The fraction of sp³-hybridized carbons (Fsp3) is 0.417. The Labute approximate surface area is 190 Å². The summed E-state index contributed by atoms with van der Waals surface area (Å²) in [6.45, 7) is 5.58. The third-order valence-corrected chi connectivity index (χ3v) is 10.8. The van der Waals surface area contributed by atoms with E-state index in [9.17, 15) is 16.8 Å². The summed E-state index contributed by atoms with van der Waals surface area (Å²) >= 11 is 0. The van der Waals surface area contributed by atoms with Crippen LogP contribution in [0.15, 0.2) is 69.5 Å². The number of nitrogens with zero attached hydrogens (tertiary/aromatic N) is 2. The van der Waals surface area contributed by atoms with Gasteiger partial charge in [0, 0.05) is 26.2 Å². The lowest BCUT2D eigenvalue weighted by Gasteiger charge is -2.26. The Balaban J connectivity index is 1.36. The molecule has 1 aliphatic carbocycles. The number of rotatable bonds is 4. The van der Waals surface area contributed by atoms with E-state index in [1.54, 1.807) is 32.9 Å². The van der Waals surface area contributed by atoms with Gasteiger partial charge in [0.1, 0.15) is 0 Å². The topological polar surface area (TPSA) is 74.8 Å². The largest absolute Gasteiger partial charge is 0.243 e. The first-order valence-electron chi connectivity index (χ1n) is 11.0. The van der Waals surface area contributed by atoms with Gasteiger partial charge in [0.25, 0.3) is 0 Å². The highest BCUT2D eigenvalue weighted by Gasteiger charge is 2.46. The fourth-order valence-electron chi connectivity index (χ4n) is 5.25. The van der Waals surface area contributed by atoms with Crippen molar-refractivity contribution in [2.24, 2.45) is 11.8 Å². The Morgan fingerprint density at radius 3 is 1.81 bits per heavy atom. The lowest BCUT2D eigenvalue weighted by molar-refractivity contribution is 0.407. The van der Waals surface area contributed by atoms with Crippen molar-refractivity contribution >= 4 is 20.0 Å². The van der Waals surface area contributed by atoms with Crippen LogP contribution in [0, 0.1) is 25.7 Å². The van der Waals surface area contributed by atoms with Crippen molar-refractivity contribution in [3.8, 4) is 0 Å². The molecule has 2 aliphatic heterocycles. The molecule has 2 aromatic carbocycles. The van der Waals surface area contributed by atoms with Crippen LogP contribution in [0.2, 0.25) is 0 Å². The first kappa shape index (κ1) is 21.8. The molecule has 0 bridgehead atoms. The van der Waals surface area contributed by atoms with Gasteiger partial charge in [0.15, 0.2) is 0 Å². The highest BCUT2D eigenvalue weighted by Crippen LogP contribution is 2.45. The average molecular weight is 473 g/mol. The van der Waals surface area contributed by atoms with E-state index in [1.807, 2.05) is 38.1 Å². The van der Waals surface area contributed by atoms with Crippen molar-refractivity contribution in [1.82, 2.24) is 8.61 Å². The second-order valence-corrected chi connectivity index (χ2v) is 13.1. The molecule has 5 rings (SSSR count). The van der Waals surface area contributed by atoms with Crippen LogP contribution in [0.5, 0.6) is 0 Å². The van der Waals surface area contributed by atoms with Crippen LogP contribution in [0.1, 0.15) is 24.0 Å². The van der Waals surface area contributed by atoms with E-state index in [0.717, 1.165) is 29.5 Å². The molecule has 6 nitrogen and oxygen atoms in total. The predicted molar refractivity (Wildman–Crippen MR) is 123 cm³/mol. The van der Waals surface area contributed by atoms with Crippen molar-refractivity contribution in [3.05, 3.63) is 70.8 Å². The smallest absolute Gasteiger partial charge is 0.207 e. The molecule has 3 aliphatic rings. The second-order valence-electron chi connectivity index (χ2n) is 9.26. The molecule has 0 unspecified atom stereocenters. The Hall–Kier alpha value is -2.00. The summed E-state index contributed by atoms with van der Waals surface area (Å²) in [5.41, 5.74) is 4.36. The van der Waals surface area contributed by atoms with E-state index in [1.165, 1.54) is 5.57 Å². The molecule has 0 saturated carbocycles. The summed E-state index contributed by atoms with van der Waals surface area (Å²) in [6.07, 6.45) is 1.75. The highest BCUT2D eigenvalue weighted by atomic mass is 32.2. The van der Waals surface area contributed by atoms with Crippen molar-refractivity contribution in [3.63, 3.8) is 0 Å². The first-order chi connectivity index (χ1) is 15.2. The third-order valence-electron chi connectivity index (χ3n) is 7.16. The number of hydrogen-bond donors (Lipinski definition) is 0. The molecule has 0 aromatic heterocycles. The highest BCUT2D eigenvalue weighted by molar-refractivity contribution is 7.89.